The Hall–Kier alpha value is -1.33. The number of likely N-dealkylation sites (tertiary alicyclic amines) is 1. The van der Waals surface area contributed by atoms with E-state index in [0.29, 0.717) is 12.2 Å². The van der Waals surface area contributed by atoms with E-state index in [4.69, 9.17) is 11.6 Å². The maximum Gasteiger partial charge on any atom is 0.322 e. The van der Waals surface area contributed by atoms with Crippen LogP contribution in [0.5, 0.6) is 0 Å². The van der Waals surface area contributed by atoms with Crippen LogP contribution < -0.4 is 5.32 Å². The molecule has 1 atom stereocenters. The standard InChI is InChI=1S/C14H18ClFN2O2/c1-14(2,20)12-4-3-7-18(12)13(19)17-9-5-6-10(15)11(16)8-9/h5-6,8,12,20H,3-4,7H2,1-2H3,(H,17,19). The van der Waals surface area contributed by atoms with Crippen molar-refractivity contribution in [3.63, 3.8) is 0 Å². The first-order chi connectivity index (χ1) is 9.29. The van der Waals surface area contributed by atoms with Gasteiger partial charge in [0.15, 0.2) is 0 Å². The highest BCUT2D eigenvalue weighted by Crippen LogP contribution is 2.27. The fourth-order valence-electron chi connectivity index (χ4n) is 2.51. The minimum Gasteiger partial charge on any atom is -0.388 e. The number of halogens is 2. The summed E-state index contributed by atoms with van der Waals surface area (Å²) in [4.78, 5) is 13.8. The molecule has 1 aromatic rings. The van der Waals surface area contributed by atoms with Gasteiger partial charge in [0.25, 0.3) is 0 Å². The molecule has 2 rings (SSSR count). The van der Waals surface area contributed by atoms with Gasteiger partial charge in [-0.05, 0) is 44.9 Å². The van der Waals surface area contributed by atoms with E-state index in [1.807, 2.05) is 0 Å². The first-order valence-electron chi connectivity index (χ1n) is 6.54. The number of carbonyl (C=O) groups is 1. The summed E-state index contributed by atoms with van der Waals surface area (Å²) in [6.07, 6.45) is 1.60. The molecule has 1 fully saturated rings. The lowest BCUT2D eigenvalue weighted by atomic mass is 9.97. The first-order valence-corrected chi connectivity index (χ1v) is 6.92. The van der Waals surface area contributed by atoms with Crippen molar-refractivity contribution in [3.8, 4) is 0 Å². The minimum absolute atomic E-state index is 0.0125. The fourth-order valence-corrected chi connectivity index (χ4v) is 2.63. The van der Waals surface area contributed by atoms with Gasteiger partial charge in [0.05, 0.1) is 16.7 Å². The number of urea groups is 1. The molecule has 1 aromatic carbocycles. The number of benzene rings is 1. The molecule has 1 unspecified atom stereocenters. The average Bonchev–Trinajstić information content (AvgIpc) is 2.83. The summed E-state index contributed by atoms with van der Waals surface area (Å²) in [6.45, 7) is 3.95. The van der Waals surface area contributed by atoms with Gasteiger partial charge in [-0.25, -0.2) is 9.18 Å². The van der Waals surface area contributed by atoms with Gasteiger partial charge >= 0.3 is 6.03 Å². The Morgan fingerprint density at radius 2 is 2.25 bits per heavy atom. The molecule has 1 aliphatic heterocycles. The summed E-state index contributed by atoms with van der Waals surface area (Å²) < 4.78 is 13.3. The van der Waals surface area contributed by atoms with Crippen molar-refractivity contribution in [1.29, 1.82) is 0 Å². The maximum absolute atomic E-state index is 13.3. The van der Waals surface area contributed by atoms with E-state index in [0.717, 1.165) is 12.8 Å². The monoisotopic (exact) mass is 300 g/mol. The highest BCUT2D eigenvalue weighted by molar-refractivity contribution is 6.30. The van der Waals surface area contributed by atoms with Gasteiger partial charge in [-0.15, -0.1) is 0 Å². The zero-order valence-corrected chi connectivity index (χ0v) is 12.2. The molecule has 1 saturated heterocycles. The summed E-state index contributed by atoms with van der Waals surface area (Å²) >= 11 is 5.60. The summed E-state index contributed by atoms with van der Waals surface area (Å²) in [7, 11) is 0. The van der Waals surface area contributed by atoms with Crippen molar-refractivity contribution in [1.82, 2.24) is 4.90 Å². The smallest absolute Gasteiger partial charge is 0.322 e. The van der Waals surface area contributed by atoms with E-state index in [2.05, 4.69) is 5.32 Å². The Bertz CT molecular complexity index is 516. The van der Waals surface area contributed by atoms with Gasteiger partial charge in [-0.3, -0.25) is 0 Å². The van der Waals surface area contributed by atoms with E-state index in [1.54, 1.807) is 24.8 Å². The molecule has 0 saturated carbocycles. The fraction of sp³-hybridized carbons (Fsp3) is 0.500. The highest BCUT2D eigenvalue weighted by atomic mass is 35.5. The van der Waals surface area contributed by atoms with Crippen molar-refractivity contribution in [2.75, 3.05) is 11.9 Å². The Balaban J connectivity index is 2.09. The molecule has 20 heavy (non-hydrogen) atoms. The molecule has 6 heteroatoms. The number of amides is 2. The molecule has 0 radical (unpaired) electrons. The van der Waals surface area contributed by atoms with Crippen LogP contribution in [0.25, 0.3) is 0 Å². The van der Waals surface area contributed by atoms with Gasteiger partial charge in [-0.1, -0.05) is 11.6 Å². The first kappa shape index (κ1) is 15.1. The average molecular weight is 301 g/mol. The van der Waals surface area contributed by atoms with Crippen molar-refractivity contribution >= 4 is 23.3 Å². The number of hydrogen-bond donors (Lipinski definition) is 2. The summed E-state index contributed by atoms with van der Waals surface area (Å²) in [5.41, 5.74) is -0.614. The van der Waals surface area contributed by atoms with Crippen LogP contribution in [0.15, 0.2) is 18.2 Å². The normalized spacial score (nSPS) is 19.2. The third-order valence-electron chi connectivity index (χ3n) is 3.50. The summed E-state index contributed by atoms with van der Waals surface area (Å²) in [5.74, 6) is -0.579. The van der Waals surface area contributed by atoms with Crippen molar-refractivity contribution < 1.29 is 14.3 Å². The molecule has 0 spiro atoms. The number of anilines is 1. The number of aliphatic hydroxyl groups is 1. The van der Waals surface area contributed by atoms with Crippen LogP contribution in [0.3, 0.4) is 0 Å². The van der Waals surface area contributed by atoms with E-state index in [1.165, 1.54) is 12.1 Å². The van der Waals surface area contributed by atoms with Gasteiger partial charge in [0, 0.05) is 12.2 Å². The second-order valence-corrected chi connectivity index (χ2v) is 5.97. The highest BCUT2D eigenvalue weighted by Gasteiger charge is 2.38. The second kappa shape index (κ2) is 5.58. The van der Waals surface area contributed by atoms with E-state index in [9.17, 15) is 14.3 Å². The van der Waals surface area contributed by atoms with Gasteiger partial charge in [0.2, 0.25) is 0 Å². The van der Waals surface area contributed by atoms with E-state index >= 15 is 0 Å². The Morgan fingerprint density at radius 1 is 1.55 bits per heavy atom. The summed E-state index contributed by atoms with van der Waals surface area (Å²) in [6, 6.07) is 3.54. The van der Waals surface area contributed by atoms with Crippen LogP contribution in [-0.2, 0) is 0 Å². The van der Waals surface area contributed by atoms with Crippen LogP contribution in [0, 0.1) is 5.82 Å². The Kier molecular flexibility index (Phi) is 4.20. The number of hydrogen-bond acceptors (Lipinski definition) is 2. The molecule has 0 aromatic heterocycles. The van der Waals surface area contributed by atoms with Crippen molar-refractivity contribution in [2.24, 2.45) is 0 Å². The largest absolute Gasteiger partial charge is 0.388 e. The molecule has 2 amide bonds. The quantitative estimate of drug-likeness (QED) is 0.881. The summed E-state index contributed by atoms with van der Waals surface area (Å²) in [5, 5.41) is 12.7. The topological polar surface area (TPSA) is 52.6 Å². The van der Waals surface area contributed by atoms with Crippen LogP contribution in [-0.4, -0.2) is 34.2 Å². The molecule has 1 heterocycles. The lowest BCUT2D eigenvalue weighted by molar-refractivity contribution is 0.0117. The van der Waals surface area contributed by atoms with Gasteiger partial charge in [-0.2, -0.15) is 0 Å². The maximum atomic E-state index is 13.3. The van der Waals surface area contributed by atoms with Crippen LogP contribution in [0.4, 0.5) is 14.9 Å². The Labute approximate surface area is 122 Å². The van der Waals surface area contributed by atoms with Crippen molar-refractivity contribution in [3.05, 3.63) is 29.0 Å². The SMILES string of the molecule is CC(C)(O)C1CCCN1C(=O)Nc1ccc(Cl)c(F)c1. The lowest BCUT2D eigenvalue weighted by Gasteiger charge is -2.33. The molecule has 4 nitrogen and oxygen atoms in total. The minimum atomic E-state index is -0.959. The third-order valence-corrected chi connectivity index (χ3v) is 3.81. The third kappa shape index (κ3) is 3.22. The molecule has 0 bridgehead atoms. The Morgan fingerprint density at radius 3 is 2.85 bits per heavy atom. The number of carbonyl (C=O) groups excluding carboxylic acids is 1. The van der Waals surface area contributed by atoms with Crippen LogP contribution in [0.1, 0.15) is 26.7 Å². The predicted octanol–water partition coefficient (Wildman–Crippen LogP) is 3.25. The van der Waals surface area contributed by atoms with Crippen molar-refractivity contribution in [2.45, 2.75) is 38.3 Å². The molecule has 110 valence electrons. The zero-order valence-electron chi connectivity index (χ0n) is 11.5. The predicted molar refractivity (Wildman–Crippen MR) is 76.5 cm³/mol. The van der Waals surface area contributed by atoms with Crippen LogP contribution in [0.2, 0.25) is 5.02 Å². The molecule has 1 aliphatic rings. The number of rotatable bonds is 2. The lowest BCUT2D eigenvalue weighted by Crippen LogP contribution is -2.49. The van der Waals surface area contributed by atoms with E-state index in [-0.39, 0.29) is 17.1 Å². The van der Waals surface area contributed by atoms with E-state index < -0.39 is 11.4 Å². The number of nitrogens with one attached hydrogen (secondary N) is 1. The molecular formula is C14H18ClFN2O2. The zero-order chi connectivity index (χ0) is 14.9. The molecular weight excluding hydrogens is 283 g/mol. The molecule has 0 aliphatic carbocycles. The van der Waals surface area contributed by atoms with Gasteiger partial charge < -0.3 is 15.3 Å². The van der Waals surface area contributed by atoms with Crippen LogP contribution >= 0.6 is 11.6 Å². The second-order valence-electron chi connectivity index (χ2n) is 5.56. The van der Waals surface area contributed by atoms with Gasteiger partial charge in [0.1, 0.15) is 5.82 Å². The molecule has 2 N–H and O–H groups in total. The number of nitrogens with zero attached hydrogens (tertiary/aromatic N) is 1.